The van der Waals surface area contributed by atoms with Gasteiger partial charge in [-0.25, -0.2) is 10.6 Å². The molecule has 8 nitrogen and oxygen atoms in total. The van der Waals surface area contributed by atoms with E-state index in [1.165, 1.54) is 16.8 Å². The summed E-state index contributed by atoms with van der Waals surface area (Å²) in [5.41, 5.74) is 1.53. The molecule has 1 amide bonds. The van der Waals surface area contributed by atoms with E-state index in [2.05, 4.69) is 20.9 Å². The zero-order valence-electron chi connectivity index (χ0n) is 10.4. The van der Waals surface area contributed by atoms with Crippen LogP contribution in [0.25, 0.3) is 0 Å². The smallest absolute Gasteiger partial charge is 0.328 e. The minimum Gasteiger partial charge on any atom is -0.456 e. The number of rotatable bonds is 3. The summed E-state index contributed by atoms with van der Waals surface area (Å²) >= 11 is 3.04. The van der Waals surface area contributed by atoms with Gasteiger partial charge in [0.2, 0.25) is 0 Å². The van der Waals surface area contributed by atoms with Crippen molar-refractivity contribution in [3.05, 3.63) is 54.7 Å². The Morgan fingerprint density at radius 1 is 1.55 bits per heavy atom. The van der Waals surface area contributed by atoms with Crippen LogP contribution in [0.5, 0.6) is 0 Å². The molecule has 0 bridgehead atoms. The van der Waals surface area contributed by atoms with E-state index in [-0.39, 0.29) is 16.8 Å². The lowest BCUT2D eigenvalue weighted by Gasteiger charge is -2.03. The van der Waals surface area contributed by atoms with Gasteiger partial charge in [-0.2, -0.15) is 0 Å². The van der Waals surface area contributed by atoms with Crippen molar-refractivity contribution in [2.24, 2.45) is 5.84 Å². The second-order valence-corrected chi connectivity index (χ2v) is 4.88. The number of nitrogen functional groups attached to an aromatic ring is 1. The number of furan rings is 1. The van der Waals surface area contributed by atoms with Gasteiger partial charge in [-0.1, -0.05) is 0 Å². The van der Waals surface area contributed by atoms with Crippen LogP contribution in [-0.4, -0.2) is 15.5 Å². The Bertz CT molecular complexity index is 773. The van der Waals surface area contributed by atoms with Gasteiger partial charge in [-0.15, -0.1) is 0 Å². The number of hydrogen-bond donors (Lipinski definition) is 3. The number of carbonyl (C=O) groups is 1. The summed E-state index contributed by atoms with van der Waals surface area (Å²) in [5, 5.41) is 0. The molecule has 0 unspecified atom stereocenters. The van der Waals surface area contributed by atoms with E-state index in [1.54, 1.807) is 6.92 Å². The molecule has 0 aliphatic heterocycles. The van der Waals surface area contributed by atoms with Crippen LogP contribution in [0.2, 0.25) is 0 Å². The number of H-pyrrole nitrogens is 1. The lowest BCUT2D eigenvalue weighted by Crippen LogP contribution is -2.30. The molecular weight excluding hydrogens is 332 g/mol. The van der Waals surface area contributed by atoms with Crippen molar-refractivity contribution in [2.45, 2.75) is 13.5 Å². The predicted molar refractivity (Wildman–Crippen MR) is 73.2 cm³/mol. The zero-order valence-corrected chi connectivity index (χ0v) is 12.0. The largest absolute Gasteiger partial charge is 0.456 e. The van der Waals surface area contributed by atoms with Crippen LogP contribution in [0.15, 0.2) is 30.7 Å². The number of hydrazine groups is 1. The second kappa shape index (κ2) is 5.47. The first kappa shape index (κ1) is 14.3. The number of aromatic amines is 1. The average molecular weight is 343 g/mol. The molecule has 0 aliphatic carbocycles. The van der Waals surface area contributed by atoms with Gasteiger partial charge >= 0.3 is 11.6 Å². The Hall–Kier alpha value is -2.13. The highest BCUT2D eigenvalue weighted by Gasteiger charge is 2.14. The number of halogens is 1. The van der Waals surface area contributed by atoms with Gasteiger partial charge in [-0.3, -0.25) is 24.6 Å². The maximum atomic E-state index is 11.7. The first-order valence-corrected chi connectivity index (χ1v) is 6.31. The molecule has 106 valence electrons. The minimum absolute atomic E-state index is 0.0524. The molecule has 0 aliphatic rings. The van der Waals surface area contributed by atoms with Crippen LogP contribution in [0, 0.1) is 6.92 Å². The van der Waals surface area contributed by atoms with Gasteiger partial charge in [0.1, 0.15) is 5.76 Å². The van der Waals surface area contributed by atoms with Crippen molar-refractivity contribution in [1.29, 1.82) is 0 Å². The number of amides is 1. The monoisotopic (exact) mass is 342 g/mol. The molecule has 0 spiro atoms. The molecule has 2 aromatic rings. The van der Waals surface area contributed by atoms with E-state index in [4.69, 9.17) is 10.3 Å². The van der Waals surface area contributed by atoms with E-state index in [9.17, 15) is 14.4 Å². The van der Waals surface area contributed by atoms with Crippen LogP contribution in [-0.2, 0) is 6.54 Å². The van der Waals surface area contributed by atoms with Gasteiger partial charge in [0.15, 0.2) is 5.76 Å². The molecule has 2 aromatic heterocycles. The lowest BCUT2D eigenvalue weighted by atomic mass is 10.2. The van der Waals surface area contributed by atoms with Crippen LogP contribution < -0.4 is 22.5 Å². The summed E-state index contributed by atoms with van der Waals surface area (Å²) in [4.78, 5) is 36.4. The molecule has 0 saturated heterocycles. The van der Waals surface area contributed by atoms with Crippen molar-refractivity contribution < 1.29 is 9.21 Å². The van der Waals surface area contributed by atoms with Gasteiger partial charge in [-0.05, 0) is 28.9 Å². The summed E-state index contributed by atoms with van der Waals surface area (Å²) in [6, 6.07) is 1.49. The van der Waals surface area contributed by atoms with Gasteiger partial charge in [0, 0.05) is 11.8 Å². The third kappa shape index (κ3) is 2.73. The van der Waals surface area contributed by atoms with Gasteiger partial charge in [0.05, 0.1) is 11.0 Å². The van der Waals surface area contributed by atoms with Crippen LogP contribution in [0.3, 0.4) is 0 Å². The molecule has 20 heavy (non-hydrogen) atoms. The standard InChI is InChI=1S/C11H11BrN4O4/c1-5-6(2-8(20-5)10(18)15-13)3-16-4-7(12)9(17)14-11(16)19/h2,4H,3,13H2,1H3,(H,15,18)(H,14,17,19). The lowest BCUT2D eigenvalue weighted by molar-refractivity contribution is 0.0924. The highest BCUT2D eigenvalue weighted by molar-refractivity contribution is 9.10. The van der Waals surface area contributed by atoms with Crippen molar-refractivity contribution >= 4 is 21.8 Å². The Labute approximate surface area is 120 Å². The molecule has 0 fully saturated rings. The molecule has 2 heterocycles. The normalized spacial score (nSPS) is 10.6. The van der Waals surface area contributed by atoms with E-state index >= 15 is 0 Å². The summed E-state index contributed by atoms with van der Waals surface area (Å²) in [6.45, 7) is 1.82. The Balaban J connectivity index is 2.38. The minimum atomic E-state index is -0.561. The third-order valence-electron chi connectivity index (χ3n) is 2.68. The summed E-state index contributed by atoms with van der Waals surface area (Å²) in [6.07, 6.45) is 1.37. The van der Waals surface area contributed by atoms with Crippen molar-refractivity contribution in [1.82, 2.24) is 15.0 Å². The third-order valence-corrected chi connectivity index (χ3v) is 3.25. The first-order chi connectivity index (χ1) is 9.42. The summed E-state index contributed by atoms with van der Waals surface area (Å²) < 4.78 is 6.76. The Kier molecular flexibility index (Phi) is 3.91. The number of aryl methyl sites for hydroxylation is 1. The summed E-state index contributed by atoms with van der Waals surface area (Å²) in [7, 11) is 0. The maximum absolute atomic E-state index is 11.7. The van der Waals surface area contributed by atoms with E-state index < -0.39 is 17.2 Å². The molecule has 0 atom stereocenters. The molecular formula is C11H11BrN4O4. The number of nitrogens with zero attached hydrogens (tertiary/aromatic N) is 1. The van der Waals surface area contributed by atoms with Crippen molar-refractivity contribution in [3.8, 4) is 0 Å². The Morgan fingerprint density at radius 2 is 2.25 bits per heavy atom. The summed E-state index contributed by atoms with van der Waals surface area (Å²) in [5.74, 6) is 4.99. The molecule has 4 N–H and O–H groups in total. The number of carbonyl (C=O) groups excluding carboxylic acids is 1. The fraction of sp³-hybridized carbons (Fsp3) is 0.182. The molecule has 9 heteroatoms. The average Bonchev–Trinajstić information content (AvgIpc) is 2.76. The van der Waals surface area contributed by atoms with Crippen LogP contribution in [0.1, 0.15) is 21.9 Å². The van der Waals surface area contributed by atoms with Gasteiger partial charge < -0.3 is 4.42 Å². The maximum Gasteiger partial charge on any atom is 0.328 e. The van der Waals surface area contributed by atoms with Crippen molar-refractivity contribution in [2.75, 3.05) is 0 Å². The molecule has 2 rings (SSSR count). The topological polar surface area (TPSA) is 123 Å². The number of hydrogen-bond acceptors (Lipinski definition) is 5. The van der Waals surface area contributed by atoms with Crippen LogP contribution in [0.4, 0.5) is 0 Å². The van der Waals surface area contributed by atoms with Gasteiger partial charge in [0.25, 0.3) is 5.56 Å². The highest BCUT2D eigenvalue weighted by Crippen LogP contribution is 2.15. The number of nitrogens with one attached hydrogen (secondary N) is 2. The zero-order chi connectivity index (χ0) is 14.9. The van der Waals surface area contributed by atoms with E-state index in [0.717, 1.165) is 0 Å². The molecule has 0 radical (unpaired) electrons. The Morgan fingerprint density at radius 3 is 2.90 bits per heavy atom. The first-order valence-electron chi connectivity index (χ1n) is 5.52. The molecule has 0 aromatic carbocycles. The number of aromatic nitrogens is 2. The number of nitrogens with two attached hydrogens (primary N) is 1. The predicted octanol–water partition coefficient (Wildman–Crippen LogP) is -0.148. The van der Waals surface area contributed by atoms with E-state index in [0.29, 0.717) is 11.3 Å². The fourth-order valence-corrected chi connectivity index (χ4v) is 1.99. The van der Waals surface area contributed by atoms with Crippen LogP contribution >= 0.6 is 15.9 Å². The SMILES string of the molecule is Cc1oc(C(=O)NN)cc1Cn1cc(Br)c(=O)[nH]c1=O. The van der Waals surface area contributed by atoms with E-state index in [1.807, 2.05) is 5.43 Å². The second-order valence-electron chi connectivity index (χ2n) is 4.03. The molecule has 0 saturated carbocycles. The highest BCUT2D eigenvalue weighted by atomic mass is 79.9. The van der Waals surface area contributed by atoms with Crippen molar-refractivity contribution in [3.63, 3.8) is 0 Å². The fourth-order valence-electron chi connectivity index (χ4n) is 1.64. The quantitative estimate of drug-likeness (QED) is 0.406.